The summed E-state index contributed by atoms with van der Waals surface area (Å²) in [6, 6.07) is 11.6. The number of nitrogens with two attached hydrogens (primary N) is 1. The largest absolute Gasteiger partial charge is 0.366 e. The molecule has 1 heterocycles. The van der Waals surface area contributed by atoms with E-state index in [-0.39, 0.29) is 23.4 Å². The molecule has 1 atom stereocenters. The Morgan fingerprint density at radius 1 is 1.15 bits per heavy atom. The molecule has 1 saturated carbocycles. The van der Waals surface area contributed by atoms with Gasteiger partial charge in [0.05, 0.1) is 24.3 Å². The Balaban J connectivity index is 1.38. The first kappa shape index (κ1) is 22.9. The Hall–Kier alpha value is -3.24. The number of primary amides is 1. The van der Waals surface area contributed by atoms with Crippen molar-refractivity contribution in [1.82, 2.24) is 5.06 Å². The maximum Gasteiger partial charge on any atom is 0.249 e. The van der Waals surface area contributed by atoms with E-state index in [2.05, 4.69) is 0 Å². The lowest BCUT2D eigenvalue weighted by Crippen LogP contribution is -2.36. The second-order valence-electron chi connectivity index (χ2n) is 9.12. The fourth-order valence-electron chi connectivity index (χ4n) is 5.05. The molecule has 0 spiro atoms. The van der Waals surface area contributed by atoms with Crippen LogP contribution in [0.1, 0.15) is 70.8 Å². The van der Waals surface area contributed by atoms with Crippen molar-refractivity contribution in [3.63, 3.8) is 0 Å². The molecule has 2 fully saturated rings. The molecule has 6 nitrogen and oxygen atoms in total. The summed E-state index contributed by atoms with van der Waals surface area (Å²) in [5.74, 6) is -0.659. The average Bonchev–Trinajstić information content (AvgIpc) is 3.30. The molecular formula is C26H28FN3O3. The van der Waals surface area contributed by atoms with Gasteiger partial charge in [0, 0.05) is 17.9 Å². The van der Waals surface area contributed by atoms with Crippen LogP contribution in [0.5, 0.6) is 0 Å². The van der Waals surface area contributed by atoms with E-state index < -0.39 is 11.7 Å². The summed E-state index contributed by atoms with van der Waals surface area (Å²) < 4.78 is 13.9. The van der Waals surface area contributed by atoms with Crippen molar-refractivity contribution in [2.75, 3.05) is 6.61 Å². The van der Waals surface area contributed by atoms with E-state index in [0.717, 1.165) is 43.2 Å². The molecule has 2 aliphatic rings. The van der Waals surface area contributed by atoms with Crippen LogP contribution in [0, 0.1) is 35.9 Å². The van der Waals surface area contributed by atoms with E-state index in [4.69, 9.17) is 15.8 Å². The average molecular weight is 450 g/mol. The summed E-state index contributed by atoms with van der Waals surface area (Å²) in [6.45, 7) is 2.26. The van der Waals surface area contributed by atoms with Crippen molar-refractivity contribution in [3.05, 3.63) is 70.0 Å². The van der Waals surface area contributed by atoms with Crippen LogP contribution in [-0.2, 0) is 16.1 Å². The standard InChI is InChI=1S/C26H28FN3O3/c1-16-2-3-18(13-23(16)25(29)31)10-17-4-6-20(7-5-17)26(32)30-24(8-9-33-30)21-11-19(15-28)12-22(27)14-21/h2-3,11-14,17,20,24H,4-10H2,1H3,(H2,29,31)/t17?,20?,24-/m0/s1. The normalized spacial score (nSPS) is 22.7. The highest BCUT2D eigenvalue weighted by atomic mass is 19.1. The first-order valence-corrected chi connectivity index (χ1v) is 11.4. The Bertz CT molecular complexity index is 1100. The molecule has 4 rings (SSSR count). The predicted octanol–water partition coefficient (Wildman–Crippen LogP) is 4.36. The number of hydrogen-bond acceptors (Lipinski definition) is 4. The van der Waals surface area contributed by atoms with Gasteiger partial charge in [-0.1, -0.05) is 12.1 Å². The molecule has 2 aromatic rings. The van der Waals surface area contributed by atoms with E-state index >= 15 is 0 Å². The molecule has 1 aliphatic carbocycles. The van der Waals surface area contributed by atoms with Gasteiger partial charge in [-0.05, 0) is 85.9 Å². The second kappa shape index (κ2) is 9.72. The van der Waals surface area contributed by atoms with E-state index in [1.807, 2.05) is 31.2 Å². The number of rotatable bonds is 5. The molecular weight excluding hydrogens is 421 g/mol. The second-order valence-corrected chi connectivity index (χ2v) is 9.12. The molecule has 7 heteroatoms. The number of carbonyl (C=O) groups is 2. The van der Waals surface area contributed by atoms with Gasteiger partial charge >= 0.3 is 0 Å². The van der Waals surface area contributed by atoms with Gasteiger partial charge in [-0.2, -0.15) is 5.26 Å². The smallest absolute Gasteiger partial charge is 0.249 e. The van der Waals surface area contributed by atoms with Gasteiger partial charge in [0.15, 0.2) is 0 Å². The minimum atomic E-state index is -0.487. The molecule has 0 radical (unpaired) electrons. The van der Waals surface area contributed by atoms with Crippen molar-refractivity contribution in [3.8, 4) is 6.07 Å². The highest BCUT2D eigenvalue weighted by molar-refractivity contribution is 5.94. The molecule has 2 aromatic carbocycles. The molecule has 2 amide bonds. The fourth-order valence-corrected chi connectivity index (χ4v) is 5.05. The molecule has 172 valence electrons. The van der Waals surface area contributed by atoms with Crippen molar-refractivity contribution >= 4 is 11.8 Å². The van der Waals surface area contributed by atoms with E-state index in [1.165, 1.54) is 17.2 Å². The number of nitrogens with zero attached hydrogens (tertiary/aromatic N) is 2. The van der Waals surface area contributed by atoms with Crippen LogP contribution in [-0.4, -0.2) is 23.5 Å². The third-order valence-corrected chi connectivity index (χ3v) is 6.84. The Kier molecular flexibility index (Phi) is 6.75. The molecule has 0 aromatic heterocycles. The van der Waals surface area contributed by atoms with Crippen LogP contribution >= 0.6 is 0 Å². The number of amides is 2. The number of aryl methyl sites for hydroxylation is 1. The van der Waals surface area contributed by atoms with Gasteiger partial charge in [0.25, 0.3) is 0 Å². The van der Waals surface area contributed by atoms with Gasteiger partial charge in [-0.25, -0.2) is 9.45 Å². The van der Waals surface area contributed by atoms with Crippen molar-refractivity contribution in [2.24, 2.45) is 17.6 Å². The summed E-state index contributed by atoms with van der Waals surface area (Å²) in [6.07, 6.45) is 4.77. The topological polar surface area (TPSA) is 96.4 Å². The van der Waals surface area contributed by atoms with E-state index in [9.17, 15) is 14.0 Å². The van der Waals surface area contributed by atoms with Crippen molar-refractivity contribution < 1.29 is 18.8 Å². The van der Waals surface area contributed by atoms with Crippen LogP contribution in [0.4, 0.5) is 4.39 Å². The van der Waals surface area contributed by atoms with Crippen molar-refractivity contribution in [1.29, 1.82) is 5.26 Å². The summed E-state index contributed by atoms with van der Waals surface area (Å²) >= 11 is 0. The van der Waals surface area contributed by atoms with Crippen molar-refractivity contribution in [2.45, 2.75) is 51.5 Å². The molecule has 0 bridgehead atoms. The summed E-state index contributed by atoms with van der Waals surface area (Å²) in [5, 5.41) is 10.5. The predicted molar refractivity (Wildman–Crippen MR) is 120 cm³/mol. The Morgan fingerprint density at radius 2 is 1.91 bits per heavy atom. The van der Waals surface area contributed by atoms with E-state index in [0.29, 0.717) is 30.1 Å². The van der Waals surface area contributed by atoms with Gasteiger partial charge < -0.3 is 5.73 Å². The number of nitriles is 1. The van der Waals surface area contributed by atoms with Crippen LogP contribution in [0.25, 0.3) is 0 Å². The first-order chi connectivity index (χ1) is 15.9. The zero-order valence-corrected chi connectivity index (χ0v) is 18.7. The van der Waals surface area contributed by atoms with Crippen LogP contribution in [0.2, 0.25) is 0 Å². The Labute approximate surface area is 193 Å². The minimum absolute atomic E-state index is 0.0648. The third-order valence-electron chi connectivity index (χ3n) is 6.84. The first-order valence-electron chi connectivity index (χ1n) is 11.4. The third kappa shape index (κ3) is 5.07. The maximum absolute atomic E-state index is 13.9. The molecule has 2 N–H and O–H groups in total. The van der Waals surface area contributed by atoms with Gasteiger partial charge in [0.1, 0.15) is 5.82 Å². The molecule has 1 saturated heterocycles. The number of hydroxylamine groups is 2. The van der Waals surface area contributed by atoms with Crippen LogP contribution < -0.4 is 5.73 Å². The van der Waals surface area contributed by atoms with Gasteiger partial charge in [0.2, 0.25) is 11.8 Å². The number of hydrogen-bond donors (Lipinski definition) is 1. The number of carbonyl (C=O) groups excluding carboxylic acids is 2. The van der Waals surface area contributed by atoms with Gasteiger partial charge in [-0.3, -0.25) is 14.4 Å². The SMILES string of the molecule is Cc1ccc(CC2CCC(C(=O)N3OCC[C@H]3c3cc(F)cc(C#N)c3)CC2)cc1C(N)=O. The maximum atomic E-state index is 13.9. The summed E-state index contributed by atoms with van der Waals surface area (Å²) in [5.41, 5.74) is 8.83. The lowest BCUT2D eigenvalue weighted by molar-refractivity contribution is -0.183. The zero-order valence-electron chi connectivity index (χ0n) is 18.7. The summed E-state index contributed by atoms with van der Waals surface area (Å²) in [7, 11) is 0. The summed E-state index contributed by atoms with van der Waals surface area (Å²) in [4.78, 5) is 30.5. The minimum Gasteiger partial charge on any atom is -0.366 e. The van der Waals surface area contributed by atoms with Crippen LogP contribution in [0.3, 0.4) is 0 Å². The lowest BCUT2D eigenvalue weighted by Gasteiger charge is -2.32. The zero-order chi connectivity index (χ0) is 23.5. The van der Waals surface area contributed by atoms with Crippen LogP contribution in [0.15, 0.2) is 36.4 Å². The highest BCUT2D eigenvalue weighted by Crippen LogP contribution is 2.37. The van der Waals surface area contributed by atoms with E-state index in [1.54, 1.807) is 6.07 Å². The van der Waals surface area contributed by atoms with Gasteiger partial charge in [-0.15, -0.1) is 0 Å². The monoisotopic (exact) mass is 449 g/mol. The molecule has 0 unspecified atom stereocenters. The number of benzene rings is 2. The molecule has 1 aliphatic heterocycles. The highest BCUT2D eigenvalue weighted by Gasteiger charge is 2.37. The lowest BCUT2D eigenvalue weighted by atomic mass is 9.78. The quantitative estimate of drug-likeness (QED) is 0.734. The Morgan fingerprint density at radius 3 is 2.61 bits per heavy atom. The fraction of sp³-hybridized carbons (Fsp3) is 0.423. The number of halogens is 1. The molecule has 33 heavy (non-hydrogen) atoms.